The van der Waals surface area contributed by atoms with E-state index in [-0.39, 0.29) is 0 Å². The van der Waals surface area contributed by atoms with Crippen LogP contribution in [0.3, 0.4) is 0 Å². The number of allylic oxidation sites excluding steroid dienone is 1. The summed E-state index contributed by atoms with van der Waals surface area (Å²) in [5.41, 5.74) is 0.661. The van der Waals surface area contributed by atoms with Crippen molar-refractivity contribution in [2.45, 2.75) is 32.1 Å². The van der Waals surface area contributed by atoms with E-state index in [9.17, 15) is 13.2 Å². The van der Waals surface area contributed by atoms with Crippen LogP contribution in [-0.2, 0) is 20.2 Å². The van der Waals surface area contributed by atoms with Gasteiger partial charge in [-0.1, -0.05) is 49.2 Å². The molecule has 0 saturated carbocycles. The molecule has 2 atom stereocenters. The summed E-state index contributed by atoms with van der Waals surface area (Å²) in [5.74, 6) is -0.225. The van der Waals surface area contributed by atoms with Gasteiger partial charge in [0.05, 0.1) is 16.3 Å². The van der Waals surface area contributed by atoms with Crippen LogP contribution in [0.4, 0.5) is 0 Å². The quantitative estimate of drug-likeness (QED) is 0.875. The van der Waals surface area contributed by atoms with Gasteiger partial charge >= 0.3 is 0 Å². The number of benzene rings is 1. The van der Waals surface area contributed by atoms with Crippen molar-refractivity contribution in [3.05, 3.63) is 45.5 Å². The summed E-state index contributed by atoms with van der Waals surface area (Å²) in [6.07, 6.45) is 4.22. The number of nitrogens with one attached hydrogen (secondary N) is 1. The Morgan fingerprint density at radius 3 is 2.52 bits per heavy atom. The van der Waals surface area contributed by atoms with E-state index in [2.05, 4.69) is 11.6 Å². The molecule has 1 aromatic rings. The third kappa shape index (κ3) is 4.08. The Morgan fingerprint density at radius 2 is 1.96 bits per heavy atom. The molecule has 2 rings (SSSR count). The summed E-state index contributed by atoms with van der Waals surface area (Å²) in [6, 6.07) is 5.26. The maximum atomic E-state index is 12.4. The van der Waals surface area contributed by atoms with Gasteiger partial charge in [0.25, 0.3) is 5.91 Å². The van der Waals surface area contributed by atoms with E-state index in [4.69, 9.17) is 23.2 Å². The molecule has 0 saturated heterocycles. The van der Waals surface area contributed by atoms with Gasteiger partial charge in [-0.25, -0.2) is 13.1 Å². The van der Waals surface area contributed by atoms with Crippen LogP contribution in [0.5, 0.6) is 0 Å². The Labute approximate surface area is 146 Å². The highest BCUT2D eigenvalue weighted by atomic mass is 35.5. The minimum atomic E-state index is -3.62. The van der Waals surface area contributed by atoms with Crippen molar-refractivity contribution in [2.24, 2.45) is 5.92 Å². The topological polar surface area (TPSA) is 63.2 Å². The molecule has 1 N–H and O–H groups in total. The van der Waals surface area contributed by atoms with Crippen molar-refractivity contribution < 1.29 is 13.2 Å². The van der Waals surface area contributed by atoms with E-state index in [1.807, 2.05) is 19.1 Å². The highest BCUT2D eigenvalue weighted by Crippen LogP contribution is 2.44. The number of hydrogen-bond donors (Lipinski definition) is 1. The standard InChI is InChI=1S/C16H19Cl2NO3S/c1-10-4-6-12(15(20)19-23(3,21)22)16(2,9-10)11-5-7-13(17)14(18)8-11/h5-8,10H,4,9H2,1-3H3,(H,19,20). The van der Waals surface area contributed by atoms with Crippen LogP contribution in [0, 0.1) is 5.92 Å². The second-order valence-corrected chi connectivity index (χ2v) is 8.89. The smallest absolute Gasteiger partial charge is 0.261 e. The van der Waals surface area contributed by atoms with Crippen LogP contribution >= 0.6 is 23.2 Å². The fraction of sp³-hybridized carbons (Fsp3) is 0.438. The first-order chi connectivity index (χ1) is 10.5. The van der Waals surface area contributed by atoms with Gasteiger partial charge in [0.2, 0.25) is 10.0 Å². The fourth-order valence-electron chi connectivity index (χ4n) is 3.11. The number of halogens is 2. The molecular weight excluding hydrogens is 357 g/mol. The van der Waals surface area contributed by atoms with Crippen molar-refractivity contribution in [3.8, 4) is 0 Å². The Balaban J connectivity index is 2.50. The number of sulfonamides is 1. The molecule has 0 fully saturated rings. The number of amides is 1. The van der Waals surface area contributed by atoms with E-state index in [1.54, 1.807) is 12.1 Å². The zero-order valence-electron chi connectivity index (χ0n) is 13.2. The van der Waals surface area contributed by atoms with Gasteiger partial charge in [-0.05, 0) is 36.5 Å². The minimum absolute atomic E-state index is 0.365. The zero-order chi connectivity index (χ0) is 17.4. The van der Waals surface area contributed by atoms with Gasteiger partial charge in [-0.2, -0.15) is 0 Å². The van der Waals surface area contributed by atoms with Crippen LogP contribution in [0.25, 0.3) is 0 Å². The molecule has 0 bridgehead atoms. The highest BCUT2D eigenvalue weighted by molar-refractivity contribution is 7.89. The maximum Gasteiger partial charge on any atom is 0.261 e. The lowest BCUT2D eigenvalue weighted by Crippen LogP contribution is -2.41. The van der Waals surface area contributed by atoms with Crippen LogP contribution in [0.1, 0.15) is 32.3 Å². The molecule has 0 spiro atoms. The number of carbonyl (C=O) groups is 1. The van der Waals surface area contributed by atoms with Gasteiger partial charge in [0.1, 0.15) is 0 Å². The molecular formula is C16H19Cl2NO3S. The van der Waals surface area contributed by atoms with Gasteiger partial charge in [0.15, 0.2) is 0 Å². The normalized spacial score (nSPS) is 24.9. The molecule has 4 nitrogen and oxygen atoms in total. The molecule has 1 amide bonds. The van der Waals surface area contributed by atoms with Crippen LogP contribution in [-0.4, -0.2) is 20.6 Å². The SMILES string of the molecule is CC1CC=C(C(=O)NS(C)(=O)=O)C(C)(c2ccc(Cl)c(Cl)c2)C1. The van der Waals surface area contributed by atoms with Crippen molar-refractivity contribution in [3.63, 3.8) is 0 Å². The summed E-state index contributed by atoms with van der Waals surface area (Å²) in [4.78, 5) is 12.4. The average molecular weight is 376 g/mol. The van der Waals surface area contributed by atoms with Crippen LogP contribution < -0.4 is 4.72 Å². The van der Waals surface area contributed by atoms with E-state index < -0.39 is 21.3 Å². The van der Waals surface area contributed by atoms with Gasteiger partial charge < -0.3 is 0 Å². The molecule has 23 heavy (non-hydrogen) atoms. The Hall–Kier alpha value is -1.04. The first-order valence-corrected chi connectivity index (χ1v) is 9.86. The lowest BCUT2D eigenvalue weighted by atomic mass is 9.66. The summed E-state index contributed by atoms with van der Waals surface area (Å²) < 4.78 is 24.9. The van der Waals surface area contributed by atoms with Crippen molar-refractivity contribution in [1.29, 1.82) is 0 Å². The third-order valence-corrected chi connectivity index (χ3v) is 5.45. The summed E-state index contributed by atoms with van der Waals surface area (Å²) >= 11 is 12.1. The fourth-order valence-corrected chi connectivity index (χ4v) is 3.86. The first-order valence-electron chi connectivity index (χ1n) is 7.21. The zero-order valence-corrected chi connectivity index (χ0v) is 15.5. The van der Waals surface area contributed by atoms with Gasteiger partial charge in [-0.15, -0.1) is 0 Å². The van der Waals surface area contributed by atoms with Crippen molar-refractivity contribution >= 4 is 39.1 Å². The molecule has 2 unspecified atom stereocenters. The molecule has 126 valence electrons. The molecule has 1 aliphatic rings. The molecule has 1 aliphatic carbocycles. The van der Waals surface area contributed by atoms with E-state index in [0.29, 0.717) is 28.0 Å². The Kier molecular flexibility index (Phi) is 5.14. The van der Waals surface area contributed by atoms with Crippen molar-refractivity contribution in [2.75, 3.05) is 6.26 Å². The lowest BCUT2D eigenvalue weighted by Gasteiger charge is -2.38. The maximum absolute atomic E-state index is 12.4. The van der Waals surface area contributed by atoms with Gasteiger partial charge in [0, 0.05) is 11.0 Å². The molecule has 0 aromatic heterocycles. The predicted molar refractivity (Wildman–Crippen MR) is 93.3 cm³/mol. The molecule has 0 aliphatic heterocycles. The number of carbonyl (C=O) groups excluding carboxylic acids is 1. The molecule has 7 heteroatoms. The largest absolute Gasteiger partial charge is 0.269 e. The number of rotatable bonds is 3. The summed E-state index contributed by atoms with van der Waals surface area (Å²) in [6.45, 7) is 4.02. The second kappa shape index (κ2) is 6.46. The van der Waals surface area contributed by atoms with Crippen molar-refractivity contribution in [1.82, 2.24) is 4.72 Å². The minimum Gasteiger partial charge on any atom is -0.269 e. The summed E-state index contributed by atoms with van der Waals surface area (Å²) in [7, 11) is -3.62. The molecule has 0 radical (unpaired) electrons. The third-order valence-electron chi connectivity index (χ3n) is 4.15. The number of hydrogen-bond acceptors (Lipinski definition) is 3. The lowest BCUT2D eigenvalue weighted by molar-refractivity contribution is -0.116. The Morgan fingerprint density at radius 1 is 1.30 bits per heavy atom. The van der Waals surface area contributed by atoms with Crippen LogP contribution in [0.2, 0.25) is 10.0 Å². The predicted octanol–water partition coefficient (Wildman–Crippen LogP) is 3.68. The van der Waals surface area contributed by atoms with E-state index in [1.165, 1.54) is 0 Å². The van der Waals surface area contributed by atoms with Gasteiger partial charge in [-0.3, -0.25) is 4.79 Å². The van der Waals surface area contributed by atoms with E-state index >= 15 is 0 Å². The molecule has 0 heterocycles. The monoisotopic (exact) mass is 375 g/mol. The average Bonchev–Trinajstić information content (AvgIpc) is 2.39. The Bertz CT molecular complexity index is 774. The highest BCUT2D eigenvalue weighted by Gasteiger charge is 2.39. The summed E-state index contributed by atoms with van der Waals surface area (Å²) in [5, 5.41) is 0.848. The van der Waals surface area contributed by atoms with Crippen LogP contribution in [0.15, 0.2) is 29.8 Å². The second-order valence-electron chi connectivity index (χ2n) is 6.33. The van der Waals surface area contributed by atoms with E-state index in [0.717, 1.165) is 18.2 Å². The first kappa shape index (κ1) is 18.3. The molecule has 1 aromatic carbocycles.